The Bertz CT molecular complexity index is 1350. The molecule has 0 bridgehead atoms. The van der Waals surface area contributed by atoms with Gasteiger partial charge in [-0.05, 0) is 32.0 Å². The van der Waals surface area contributed by atoms with E-state index in [2.05, 4.69) is 15.5 Å². The Balaban J connectivity index is 1.54. The van der Waals surface area contributed by atoms with Gasteiger partial charge in [0, 0.05) is 17.4 Å². The minimum Gasteiger partial charge on any atom is -0.454 e. The van der Waals surface area contributed by atoms with Gasteiger partial charge >= 0.3 is 5.97 Å². The number of rotatable bonds is 7. The molecule has 0 saturated carbocycles. The molecular weight excluding hydrogens is 442 g/mol. The summed E-state index contributed by atoms with van der Waals surface area (Å²) < 4.78 is 10.6. The third kappa shape index (κ3) is 4.98. The summed E-state index contributed by atoms with van der Waals surface area (Å²) in [6.07, 6.45) is 0. The molecule has 8 nitrogen and oxygen atoms in total. The van der Waals surface area contributed by atoms with Crippen LogP contribution in [-0.2, 0) is 16.1 Å². The standard InChI is InChI=1S/C24H21N3O5S/c1-13-4-6-16(7-5-13)19-10-18(22-14(2)27-32-23(22)26-19)24(30)31-12-20(29)21-9-8-17(33-21)11-25-15(3)28/h4-10H,11-12H2,1-3H3,(H,25,28). The molecule has 3 aromatic heterocycles. The molecule has 1 aromatic carbocycles. The number of esters is 1. The molecule has 1 N–H and O–H groups in total. The molecule has 0 spiro atoms. The van der Waals surface area contributed by atoms with Crippen LogP contribution >= 0.6 is 11.3 Å². The molecule has 0 fully saturated rings. The van der Waals surface area contributed by atoms with E-state index in [0.29, 0.717) is 28.2 Å². The topological polar surface area (TPSA) is 111 Å². The zero-order chi connectivity index (χ0) is 23.5. The number of carbonyl (C=O) groups excluding carboxylic acids is 3. The maximum Gasteiger partial charge on any atom is 0.339 e. The second-order valence-electron chi connectivity index (χ2n) is 7.54. The van der Waals surface area contributed by atoms with Crippen molar-refractivity contribution in [1.82, 2.24) is 15.5 Å². The van der Waals surface area contributed by atoms with Gasteiger partial charge < -0.3 is 14.6 Å². The Morgan fingerprint density at radius 2 is 1.85 bits per heavy atom. The molecule has 0 radical (unpaired) electrons. The second kappa shape index (κ2) is 9.33. The highest BCUT2D eigenvalue weighted by molar-refractivity contribution is 7.14. The van der Waals surface area contributed by atoms with E-state index < -0.39 is 12.6 Å². The van der Waals surface area contributed by atoms with Gasteiger partial charge in [0.2, 0.25) is 11.7 Å². The van der Waals surface area contributed by atoms with Gasteiger partial charge in [-0.15, -0.1) is 11.3 Å². The largest absolute Gasteiger partial charge is 0.454 e. The summed E-state index contributed by atoms with van der Waals surface area (Å²) in [4.78, 5) is 42.3. The van der Waals surface area contributed by atoms with Crippen molar-refractivity contribution in [3.8, 4) is 11.3 Å². The van der Waals surface area contributed by atoms with Crippen LogP contribution in [0.4, 0.5) is 0 Å². The van der Waals surface area contributed by atoms with Crippen molar-refractivity contribution in [3.63, 3.8) is 0 Å². The van der Waals surface area contributed by atoms with E-state index in [1.807, 2.05) is 31.2 Å². The number of ketones is 1. The van der Waals surface area contributed by atoms with Crippen molar-refractivity contribution in [1.29, 1.82) is 0 Å². The summed E-state index contributed by atoms with van der Waals surface area (Å²) in [5.41, 5.74) is 3.42. The number of amides is 1. The molecule has 0 saturated heterocycles. The Morgan fingerprint density at radius 1 is 1.09 bits per heavy atom. The van der Waals surface area contributed by atoms with Gasteiger partial charge in [-0.2, -0.15) is 0 Å². The first-order valence-electron chi connectivity index (χ1n) is 10.2. The number of nitrogens with one attached hydrogen (secondary N) is 1. The van der Waals surface area contributed by atoms with E-state index >= 15 is 0 Å². The first kappa shape index (κ1) is 22.3. The van der Waals surface area contributed by atoms with Crippen LogP contribution in [0.1, 0.15) is 43.1 Å². The average molecular weight is 464 g/mol. The highest BCUT2D eigenvalue weighted by Crippen LogP contribution is 2.28. The molecule has 0 atom stereocenters. The monoisotopic (exact) mass is 463 g/mol. The number of Topliss-reactive ketones (excluding diaryl/α,β-unsaturated/α-hetero) is 1. The summed E-state index contributed by atoms with van der Waals surface area (Å²) in [6.45, 7) is 5.06. The van der Waals surface area contributed by atoms with Crippen molar-refractivity contribution in [2.45, 2.75) is 27.3 Å². The lowest BCUT2D eigenvalue weighted by Gasteiger charge is -2.07. The predicted octanol–water partition coefficient (Wildman–Crippen LogP) is 4.24. The Labute approximate surface area is 193 Å². The van der Waals surface area contributed by atoms with Gasteiger partial charge in [-0.3, -0.25) is 9.59 Å². The number of benzene rings is 1. The summed E-state index contributed by atoms with van der Waals surface area (Å²) >= 11 is 1.25. The summed E-state index contributed by atoms with van der Waals surface area (Å²) in [7, 11) is 0. The molecule has 168 valence electrons. The smallest absolute Gasteiger partial charge is 0.339 e. The van der Waals surface area contributed by atoms with Crippen molar-refractivity contribution < 1.29 is 23.6 Å². The first-order valence-corrected chi connectivity index (χ1v) is 11.0. The molecule has 4 aromatic rings. The third-order valence-electron chi connectivity index (χ3n) is 4.97. The Kier molecular flexibility index (Phi) is 6.32. The average Bonchev–Trinajstić information content (AvgIpc) is 3.43. The van der Waals surface area contributed by atoms with E-state index in [9.17, 15) is 14.4 Å². The van der Waals surface area contributed by atoms with E-state index in [1.54, 1.807) is 25.1 Å². The number of pyridine rings is 1. The number of fused-ring (bicyclic) bond motifs is 1. The summed E-state index contributed by atoms with van der Waals surface area (Å²) in [5, 5.41) is 7.06. The van der Waals surface area contributed by atoms with Crippen LogP contribution in [0.5, 0.6) is 0 Å². The minimum absolute atomic E-state index is 0.150. The molecule has 4 rings (SSSR count). The summed E-state index contributed by atoms with van der Waals surface area (Å²) in [5.74, 6) is -1.14. The second-order valence-corrected chi connectivity index (χ2v) is 8.71. The van der Waals surface area contributed by atoms with Crippen molar-refractivity contribution >= 4 is 40.1 Å². The quantitative estimate of drug-likeness (QED) is 0.322. The molecule has 33 heavy (non-hydrogen) atoms. The van der Waals surface area contributed by atoms with Crippen molar-refractivity contribution in [2.75, 3.05) is 6.61 Å². The number of nitrogens with zero attached hydrogens (tertiary/aromatic N) is 2. The zero-order valence-corrected chi connectivity index (χ0v) is 19.1. The normalized spacial score (nSPS) is 10.9. The highest BCUT2D eigenvalue weighted by Gasteiger charge is 2.22. The van der Waals surface area contributed by atoms with Crippen LogP contribution in [-0.4, -0.2) is 34.4 Å². The van der Waals surface area contributed by atoms with Gasteiger partial charge in [-0.1, -0.05) is 35.0 Å². The number of aryl methyl sites for hydroxylation is 2. The van der Waals surface area contributed by atoms with Crippen LogP contribution in [0.2, 0.25) is 0 Å². The predicted molar refractivity (Wildman–Crippen MR) is 123 cm³/mol. The number of hydrogen-bond acceptors (Lipinski definition) is 8. The molecule has 0 aliphatic heterocycles. The van der Waals surface area contributed by atoms with Gasteiger partial charge in [0.05, 0.1) is 33.8 Å². The fourth-order valence-electron chi connectivity index (χ4n) is 3.24. The molecule has 0 aliphatic carbocycles. The number of hydrogen-bond donors (Lipinski definition) is 1. The SMILES string of the molecule is CC(=O)NCc1ccc(C(=O)COC(=O)c2cc(-c3ccc(C)cc3)nc3onc(C)c23)s1. The van der Waals surface area contributed by atoms with Crippen molar-refractivity contribution in [3.05, 3.63) is 69.0 Å². The summed E-state index contributed by atoms with van der Waals surface area (Å²) in [6, 6.07) is 12.7. The van der Waals surface area contributed by atoms with Crippen LogP contribution in [0.25, 0.3) is 22.4 Å². The van der Waals surface area contributed by atoms with E-state index in [-0.39, 0.29) is 23.0 Å². The molecule has 1 amide bonds. The third-order valence-corrected chi connectivity index (χ3v) is 6.09. The number of thiophene rings is 1. The lowest BCUT2D eigenvalue weighted by atomic mass is 10.0. The Morgan fingerprint density at radius 3 is 2.58 bits per heavy atom. The lowest BCUT2D eigenvalue weighted by Crippen LogP contribution is -2.18. The zero-order valence-electron chi connectivity index (χ0n) is 18.3. The van der Waals surface area contributed by atoms with Crippen LogP contribution in [0, 0.1) is 13.8 Å². The molecular formula is C24H21N3O5S. The highest BCUT2D eigenvalue weighted by atomic mass is 32.1. The van der Waals surface area contributed by atoms with Gasteiger partial charge in [0.25, 0.3) is 5.71 Å². The van der Waals surface area contributed by atoms with Gasteiger partial charge in [0.15, 0.2) is 6.61 Å². The van der Waals surface area contributed by atoms with Crippen LogP contribution in [0.3, 0.4) is 0 Å². The van der Waals surface area contributed by atoms with Crippen LogP contribution in [0.15, 0.2) is 47.0 Å². The Hall–Kier alpha value is -3.85. The van der Waals surface area contributed by atoms with E-state index in [4.69, 9.17) is 9.26 Å². The van der Waals surface area contributed by atoms with E-state index in [1.165, 1.54) is 18.3 Å². The van der Waals surface area contributed by atoms with Gasteiger partial charge in [-0.25, -0.2) is 9.78 Å². The maximum absolute atomic E-state index is 12.9. The minimum atomic E-state index is -0.662. The number of ether oxygens (including phenoxy) is 1. The van der Waals surface area contributed by atoms with Gasteiger partial charge in [0.1, 0.15) is 0 Å². The molecule has 0 unspecified atom stereocenters. The first-order chi connectivity index (χ1) is 15.8. The molecule has 3 heterocycles. The van der Waals surface area contributed by atoms with Crippen LogP contribution < -0.4 is 5.32 Å². The number of carbonyl (C=O) groups is 3. The fraction of sp³-hybridized carbons (Fsp3) is 0.208. The maximum atomic E-state index is 12.9. The number of aromatic nitrogens is 2. The van der Waals surface area contributed by atoms with E-state index in [0.717, 1.165) is 16.0 Å². The molecule has 0 aliphatic rings. The van der Waals surface area contributed by atoms with Crippen molar-refractivity contribution in [2.24, 2.45) is 0 Å². The molecule has 9 heteroatoms. The fourth-order valence-corrected chi connectivity index (χ4v) is 4.11. The lowest BCUT2D eigenvalue weighted by molar-refractivity contribution is -0.119.